The second-order valence-electron chi connectivity index (χ2n) is 4.66. The van der Waals surface area contributed by atoms with Gasteiger partial charge in [0.15, 0.2) is 0 Å². The van der Waals surface area contributed by atoms with Crippen molar-refractivity contribution in [2.24, 2.45) is 5.92 Å². The number of rotatable bonds is 6. The monoisotopic (exact) mass is 299 g/mol. The Morgan fingerprint density at radius 2 is 2.19 bits per heavy atom. The summed E-state index contributed by atoms with van der Waals surface area (Å²) in [5.41, 5.74) is 0.988. The van der Waals surface area contributed by atoms with Gasteiger partial charge >= 0.3 is 0 Å². The molecule has 2 aromatic rings. The van der Waals surface area contributed by atoms with E-state index in [1.165, 1.54) is 4.88 Å². The lowest BCUT2D eigenvalue weighted by Crippen LogP contribution is -2.30. The summed E-state index contributed by atoms with van der Waals surface area (Å²) in [5, 5.41) is 12.8. The van der Waals surface area contributed by atoms with Gasteiger partial charge in [-0.15, -0.1) is 11.3 Å². The summed E-state index contributed by atoms with van der Waals surface area (Å²) in [6.07, 6.45) is 3.21. The summed E-state index contributed by atoms with van der Waals surface area (Å²) in [6, 6.07) is 11.6. The van der Waals surface area contributed by atoms with Gasteiger partial charge in [-0.25, -0.2) is 4.98 Å². The number of nitrogens with zero attached hydrogens (tertiary/aromatic N) is 2. The minimum absolute atomic E-state index is 0.241. The van der Waals surface area contributed by atoms with Crippen LogP contribution in [0.15, 0.2) is 36.5 Å². The van der Waals surface area contributed by atoms with Crippen LogP contribution in [-0.2, 0) is 24.2 Å². The maximum absolute atomic E-state index is 12.1. The van der Waals surface area contributed by atoms with Crippen molar-refractivity contribution >= 4 is 17.2 Å². The Morgan fingerprint density at radius 1 is 1.43 bits per heavy atom. The number of nitriles is 1. The topological polar surface area (TPSA) is 65.8 Å². The molecular weight excluding hydrogens is 282 g/mol. The van der Waals surface area contributed by atoms with E-state index in [1.807, 2.05) is 36.5 Å². The number of carbonyl (C=O) groups is 1. The van der Waals surface area contributed by atoms with Crippen LogP contribution >= 0.6 is 11.3 Å². The number of nitrogens with one attached hydrogen (secondary N) is 1. The molecule has 0 fully saturated rings. The highest BCUT2D eigenvalue weighted by Gasteiger charge is 2.18. The number of hydrogen-bond donors (Lipinski definition) is 1. The molecule has 1 heterocycles. The predicted molar refractivity (Wildman–Crippen MR) is 82.6 cm³/mol. The van der Waals surface area contributed by atoms with Gasteiger partial charge in [-0.1, -0.05) is 37.3 Å². The Bertz CT molecular complexity index is 630. The quantitative estimate of drug-likeness (QED) is 0.892. The van der Waals surface area contributed by atoms with E-state index in [1.54, 1.807) is 11.3 Å². The summed E-state index contributed by atoms with van der Waals surface area (Å²) in [5.74, 6) is -0.910. The number of aromatic nitrogens is 1. The lowest BCUT2D eigenvalue weighted by Gasteiger charge is -2.09. The van der Waals surface area contributed by atoms with E-state index in [2.05, 4.69) is 23.3 Å². The predicted octanol–water partition coefficient (Wildman–Crippen LogP) is 2.70. The highest BCUT2D eigenvalue weighted by molar-refractivity contribution is 7.11. The van der Waals surface area contributed by atoms with Crippen LogP contribution in [0.3, 0.4) is 0 Å². The summed E-state index contributed by atoms with van der Waals surface area (Å²) in [6.45, 7) is 2.46. The van der Waals surface area contributed by atoms with E-state index in [-0.39, 0.29) is 5.91 Å². The molecule has 0 aliphatic heterocycles. The third-order valence-corrected chi connectivity index (χ3v) is 4.26. The Kier molecular flexibility index (Phi) is 5.47. The molecule has 0 saturated carbocycles. The van der Waals surface area contributed by atoms with Gasteiger partial charge in [0.2, 0.25) is 5.91 Å². The van der Waals surface area contributed by atoms with E-state index in [4.69, 9.17) is 0 Å². The van der Waals surface area contributed by atoms with Gasteiger partial charge < -0.3 is 5.32 Å². The van der Waals surface area contributed by atoms with Gasteiger partial charge in [0.25, 0.3) is 0 Å². The van der Waals surface area contributed by atoms with Crippen molar-refractivity contribution < 1.29 is 4.79 Å². The van der Waals surface area contributed by atoms with Gasteiger partial charge in [-0.05, 0) is 18.4 Å². The Labute approximate surface area is 128 Å². The maximum atomic E-state index is 12.1. The molecule has 0 radical (unpaired) electrons. The molecule has 21 heavy (non-hydrogen) atoms. The first kappa shape index (κ1) is 15.2. The largest absolute Gasteiger partial charge is 0.348 e. The smallest absolute Gasteiger partial charge is 0.238 e. The molecule has 2 rings (SSSR count). The van der Waals surface area contributed by atoms with Gasteiger partial charge in [0, 0.05) is 11.1 Å². The number of hydrogen-bond acceptors (Lipinski definition) is 4. The molecule has 1 amide bonds. The highest BCUT2D eigenvalue weighted by atomic mass is 32.1. The molecular formula is C16H17N3OS. The molecule has 1 unspecified atom stereocenters. The van der Waals surface area contributed by atoms with Crippen molar-refractivity contribution in [3.8, 4) is 6.07 Å². The van der Waals surface area contributed by atoms with Crippen molar-refractivity contribution in [3.63, 3.8) is 0 Å². The van der Waals surface area contributed by atoms with Crippen LogP contribution in [0.1, 0.15) is 22.4 Å². The standard InChI is InChI=1S/C16H17N3OS/c1-2-14-10-18-15(21-14)11-19-16(20)13(9-17)8-12-6-4-3-5-7-12/h3-7,10,13H,2,8,11H2,1H3,(H,19,20). The van der Waals surface area contributed by atoms with Gasteiger partial charge in [-0.2, -0.15) is 5.26 Å². The fraction of sp³-hybridized carbons (Fsp3) is 0.312. The molecule has 1 atom stereocenters. The molecule has 1 aromatic carbocycles. The molecule has 5 heteroatoms. The SMILES string of the molecule is CCc1cnc(CNC(=O)C(C#N)Cc2ccccc2)s1. The summed E-state index contributed by atoms with van der Waals surface area (Å²) >= 11 is 1.59. The molecule has 0 aliphatic rings. The fourth-order valence-corrected chi connectivity index (χ4v) is 2.73. The summed E-state index contributed by atoms with van der Waals surface area (Å²) in [7, 11) is 0. The van der Waals surface area contributed by atoms with Gasteiger partial charge in [0.1, 0.15) is 10.9 Å². The molecule has 1 aromatic heterocycles. The van der Waals surface area contributed by atoms with Crippen molar-refractivity contribution in [3.05, 3.63) is 52.0 Å². The lowest BCUT2D eigenvalue weighted by molar-refractivity contribution is -0.123. The van der Waals surface area contributed by atoms with Crippen molar-refractivity contribution in [2.75, 3.05) is 0 Å². The van der Waals surface area contributed by atoms with Crippen molar-refractivity contribution in [1.29, 1.82) is 5.26 Å². The molecule has 1 N–H and O–H groups in total. The zero-order valence-corrected chi connectivity index (χ0v) is 12.7. The second-order valence-corrected chi connectivity index (χ2v) is 5.86. The normalized spacial score (nSPS) is 11.6. The van der Waals surface area contributed by atoms with Crippen LogP contribution in [0, 0.1) is 17.2 Å². The Balaban J connectivity index is 1.90. The van der Waals surface area contributed by atoms with E-state index in [0.29, 0.717) is 13.0 Å². The molecule has 4 nitrogen and oxygen atoms in total. The van der Waals surface area contributed by atoms with E-state index >= 15 is 0 Å². The molecule has 0 saturated heterocycles. The minimum Gasteiger partial charge on any atom is -0.348 e. The van der Waals surface area contributed by atoms with Gasteiger partial charge in [0.05, 0.1) is 12.6 Å². The Hall–Kier alpha value is -2.19. The average Bonchev–Trinajstić information content (AvgIpc) is 2.99. The minimum atomic E-state index is -0.669. The van der Waals surface area contributed by atoms with Crippen molar-refractivity contribution in [1.82, 2.24) is 10.3 Å². The van der Waals surface area contributed by atoms with Gasteiger partial charge in [-0.3, -0.25) is 4.79 Å². The van der Waals surface area contributed by atoms with Crippen molar-refractivity contribution in [2.45, 2.75) is 26.3 Å². The molecule has 108 valence electrons. The van der Waals surface area contributed by atoms with Crippen LogP contribution in [0.25, 0.3) is 0 Å². The Morgan fingerprint density at radius 3 is 2.81 bits per heavy atom. The first-order valence-electron chi connectivity index (χ1n) is 6.87. The third-order valence-electron chi connectivity index (χ3n) is 3.12. The summed E-state index contributed by atoms with van der Waals surface area (Å²) < 4.78 is 0. The number of carbonyl (C=O) groups excluding carboxylic acids is 1. The van der Waals surface area contributed by atoms with Crippen LogP contribution < -0.4 is 5.32 Å². The highest BCUT2D eigenvalue weighted by Crippen LogP contribution is 2.13. The van der Waals surface area contributed by atoms with E-state index in [0.717, 1.165) is 17.0 Å². The number of thiazole rings is 1. The number of benzene rings is 1. The number of aryl methyl sites for hydroxylation is 1. The van der Waals surface area contributed by atoms with Crippen LogP contribution in [0.4, 0.5) is 0 Å². The average molecular weight is 299 g/mol. The first-order valence-corrected chi connectivity index (χ1v) is 7.69. The maximum Gasteiger partial charge on any atom is 0.238 e. The third kappa shape index (κ3) is 4.40. The fourth-order valence-electron chi connectivity index (χ4n) is 1.93. The number of amides is 1. The zero-order valence-electron chi connectivity index (χ0n) is 11.9. The lowest BCUT2D eigenvalue weighted by atomic mass is 10.00. The van der Waals surface area contributed by atoms with Crippen LogP contribution in [0.5, 0.6) is 0 Å². The zero-order chi connectivity index (χ0) is 15.1. The first-order chi connectivity index (χ1) is 10.2. The summed E-state index contributed by atoms with van der Waals surface area (Å²) in [4.78, 5) is 17.5. The van der Waals surface area contributed by atoms with E-state index < -0.39 is 5.92 Å². The molecule has 0 bridgehead atoms. The van der Waals surface area contributed by atoms with E-state index in [9.17, 15) is 10.1 Å². The molecule has 0 aliphatic carbocycles. The van der Waals surface area contributed by atoms with Crippen LogP contribution in [-0.4, -0.2) is 10.9 Å². The molecule has 0 spiro atoms. The van der Waals surface area contributed by atoms with Crippen LogP contribution in [0.2, 0.25) is 0 Å². The second kappa shape index (κ2) is 7.55.